The largest absolute Gasteiger partial charge is 0.464 e. The Kier molecular flexibility index (Phi) is 4.67. The predicted molar refractivity (Wildman–Crippen MR) is 93.6 cm³/mol. The molecule has 0 radical (unpaired) electrons. The van der Waals surface area contributed by atoms with Crippen LogP contribution in [0.2, 0.25) is 0 Å². The molecular weight excluding hydrogens is 302 g/mol. The standard InChI is InChI=1S/C20H21NO3/c1-13-7-8-18-17(12-24-20(18)14(13)2)9-19(23)21-10-15-5-3-4-6-16(15)11-22/h3-8,12,22H,9-11H2,1-2H3,(H,21,23). The number of fused-ring (bicyclic) bond motifs is 1. The number of carbonyl (C=O) groups is 1. The van der Waals surface area contributed by atoms with E-state index in [9.17, 15) is 9.90 Å². The minimum Gasteiger partial charge on any atom is -0.464 e. The number of hydrogen-bond donors (Lipinski definition) is 2. The van der Waals surface area contributed by atoms with Crippen LogP contribution in [-0.4, -0.2) is 11.0 Å². The van der Waals surface area contributed by atoms with Crippen LogP contribution in [0.3, 0.4) is 0 Å². The van der Waals surface area contributed by atoms with Crippen molar-refractivity contribution in [3.8, 4) is 0 Å². The number of aryl methyl sites for hydroxylation is 2. The molecule has 24 heavy (non-hydrogen) atoms. The second-order valence-corrected chi connectivity index (χ2v) is 6.03. The van der Waals surface area contributed by atoms with Gasteiger partial charge in [0.25, 0.3) is 0 Å². The molecule has 0 atom stereocenters. The molecule has 4 heteroatoms. The van der Waals surface area contributed by atoms with Gasteiger partial charge in [-0.05, 0) is 36.1 Å². The smallest absolute Gasteiger partial charge is 0.224 e. The van der Waals surface area contributed by atoms with Crippen molar-refractivity contribution in [1.29, 1.82) is 0 Å². The Labute approximate surface area is 141 Å². The van der Waals surface area contributed by atoms with Gasteiger partial charge < -0.3 is 14.8 Å². The molecule has 0 saturated carbocycles. The summed E-state index contributed by atoms with van der Waals surface area (Å²) in [7, 11) is 0. The Morgan fingerprint density at radius 3 is 2.58 bits per heavy atom. The molecule has 0 unspecified atom stereocenters. The van der Waals surface area contributed by atoms with E-state index in [-0.39, 0.29) is 18.9 Å². The van der Waals surface area contributed by atoms with E-state index in [0.29, 0.717) is 6.54 Å². The summed E-state index contributed by atoms with van der Waals surface area (Å²) in [5.41, 5.74) is 5.78. The zero-order valence-corrected chi connectivity index (χ0v) is 13.9. The highest BCUT2D eigenvalue weighted by Gasteiger charge is 2.13. The number of aliphatic hydroxyl groups is 1. The fraction of sp³-hybridized carbons (Fsp3) is 0.250. The van der Waals surface area contributed by atoms with Gasteiger partial charge in [0.05, 0.1) is 19.3 Å². The summed E-state index contributed by atoms with van der Waals surface area (Å²) < 4.78 is 5.65. The molecule has 0 saturated heterocycles. The normalized spacial score (nSPS) is 11.0. The average Bonchev–Trinajstić information content (AvgIpc) is 3.00. The average molecular weight is 323 g/mol. The predicted octanol–water partition coefficient (Wildman–Crippen LogP) is 3.40. The number of furan rings is 1. The van der Waals surface area contributed by atoms with E-state index in [2.05, 4.69) is 5.32 Å². The second-order valence-electron chi connectivity index (χ2n) is 6.03. The minimum atomic E-state index is -0.0660. The van der Waals surface area contributed by atoms with Gasteiger partial charge in [0.1, 0.15) is 5.58 Å². The third-order valence-electron chi connectivity index (χ3n) is 4.46. The summed E-state index contributed by atoms with van der Waals surface area (Å²) >= 11 is 0. The lowest BCUT2D eigenvalue weighted by Crippen LogP contribution is -2.25. The van der Waals surface area contributed by atoms with Crippen molar-refractivity contribution in [2.45, 2.75) is 33.4 Å². The third-order valence-corrected chi connectivity index (χ3v) is 4.46. The van der Waals surface area contributed by atoms with Crippen LogP contribution in [0.4, 0.5) is 0 Å². The minimum absolute atomic E-state index is 0.0307. The van der Waals surface area contributed by atoms with Crippen molar-refractivity contribution in [2.75, 3.05) is 0 Å². The van der Waals surface area contributed by atoms with Crippen molar-refractivity contribution in [1.82, 2.24) is 5.32 Å². The first kappa shape index (κ1) is 16.3. The number of hydrogen-bond acceptors (Lipinski definition) is 3. The van der Waals surface area contributed by atoms with E-state index < -0.39 is 0 Å². The molecule has 0 fully saturated rings. The Bertz CT molecular complexity index is 880. The van der Waals surface area contributed by atoms with Crippen molar-refractivity contribution in [3.05, 3.63) is 70.5 Å². The molecule has 3 aromatic rings. The maximum Gasteiger partial charge on any atom is 0.224 e. The Morgan fingerprint density at radius 1 is 1.08 bits per heavy atom. The second kappa shape index (κ2) is 6.89. The van der Waals surface area contributed by atoms with Gasteiger partial charge in [0.15, 0.2) is 0 Å². The van der Waals surface area contributed by atoms with E-state index in [0.717, 1.165) is 33.2 Å². The van der Waals surface area contributed by atoms with Crippen LogP contribution in [0.1, 0.15) is 27.8 Å². The number of rotatable bonds is 5. The molecule has 0 aliphatic heterocycles. The van der Waals surface area contributed by atoms with Crippen LogP contribution >= 0.6 is 0 Å². The zero-order chi connectivity index (χ0) is 17.1. The van der Waals surface area contributed by atoms with Gasteiger partial charge >= 0.3 is 0 Å². The Hall–Kier alpha value is -2.59. The van der Waals surface area contributed by atoms with E-state index in [1.165, 1.54) is 5.56 Å². The van der Waals surface area contributed by atoms with Gasteiger partial charge in [-0.3, -0.25) is 4.79 Å². The van der Waals surface area contributed by atoms with Crippen LogP contribution < -0.4 is 5.32 Å². The fourth-order valence-corrected chi connectivity index (χ4v) is 2.84. The monoisotopic (exact) mass is 323 g/mol. The molecule has 0 aliphatic carbocycles. The number of carbonyl (C=O) groups excluding carboxylic acids is 1. The summed E-state index contributed by atoms with van der Waals surface area (Å²) in [6.07, 6.45) is 1.94. The summed E-state index contributed by atoms with van der Waals surface area (Å²) in [5.74, 6) is -0.0660. The van der Waals surface area contributed by atoms with Crippen LogP contribution in [0.5, 0.6) is 0 Å². The van der Waals surface area contributed by atoms with Crippen molar-refractivity contribution in [2.24, 2.45) is 0 Å². The molecule has 2 N–H and O–H groups in total. The van der Waals surface area contributed by atoms with Crippen LogP contribution in [-0.2, 0) is 24.4 Å². The van der Waals surface area contributed by atoms with Crippen molar-refractivity contribution >= 4 is 16.9 Å². The number of nitrogens with one attached hydrogen (secondary N) is 1. The fourth-order valence-electron chi connectivity index (χ4n) is 2.84. The lowest BCUT2D eigenvalue weighted by Gasteiger charge is -2.08. The van der Waals surface area contributed by atoms with Crippen LogP contribution in [0.15, 0.2) is 47.1 Å². The SMILES string of the molecule is Cc1ccc2c(CC(=O)NCc3ccccc3CO)coc2c1C. The highest BCUT2D eigenvalue weighted by Crippen LogP contribution is 2.26. The van der Waals surface area contributed by atoms with Crippen molar-refractivity contribution in [3.63, 3.8) is 0 Å². The number of benzene rings is 2. The topological polar surface area (TPSA) is 62.5 Å². The molecule has 4 nitrogen and oxygen atoms in total. The Morgan fingerprint density at radius 2 is 1.83 bits per heavy atom. The molecule has 0 bridgehead atoms. The summed E-state index contributed by atoms with van der Waals surface area (Å²) in [4.78, 5) is 12.3. The highest BCUT2D eigenvalue weighted by atomic mass is 16.3. The lowest BCUT2D eigenvalue weighted by atomic mass is 10.0. The van der Waals surface area contributed by atoms with E-state index in [1.54, 1.807) is 6.26 Å². The molecule has 0 aliphatic rings. The first-order chi connectivity index (χ1) is 11.6. The maximum absolute atomic E-state index is 12.3. The molecular formula is C20H21NO3. The molecule has 1 amide bonds. The van der Waals surface area contributed by atoms with Crippen LogP contribution in [0.25, 0.3) is 11.0 Å². The van der Waals surface area contributed by atoms with E-state index >= 15 is 0 Å². The third kappa shape index (κ3) is 3.19. The van der Waals surface area contributed by atoms with E-state index in [1.807, 2.05) is 50.2 Å². The quantitative estimate of drug-likeness (QED) is 0.756. The van der Waals surface area contributed by atoms with Gasteiger partial charge in [0.2, 0.25) is 5.91 Å². The number of aliphatic hydroxyl groups excluding tert-OH is 1. The molecule has 124 valence electrons. The molecule has 1 aromatic heterocycles. The molecule has 0 spiro atoms. The van der Waals surface area contributed by atoms with Crippen LogP contribution in [0, 0.1) is 13.8 Å². The lowest BCUT2D eigenvalue weighted by molar-refractivity contribution is -0.120. The van der Waals surface area contributed by atoms with Gasteiger partial charge in [-0.2, -0.15) is 0 Å². The first-order valence-electron chi connectivity index (χ1n) is 8.00. The highest BCUT2D eigenvalue weighted by molar-refractivity contribution is 5.89. The van der Waals surface area contributed by atoms with Gasteiger partial charge in [-0.15, -0.1) is 0 Å². The Balaban J connectivity index is 1.70. The summed E-state index contributed by atoms with van der Waals surface area (Å²) in [6, 6.07) is 11.6. The van der Waals surface area contributed by atoms with Gasteiger partial charge in [0, 0.05) is 17.5 Å². The van der Waals surface area contributed by atoms with Gasteiger partial charge in [-0.1, -0.05) is 36.4 Å². The van der Waals surface area contributed by atoms with Gasteiger partial charge in [-0.25, -0.2) is 0 Å². The zero-order valence-electron chi connectivity index (χ0n) is 13.9. The summed E-state index contributed by atoms with van der Waals surface area (Å²) in [5, 5.41) is 13.2. The summed E-state index contributed by atoms with van der Waals surface area (Å²) in [6.45, 7) is 4.44. The first-order valence-corrected chi connectivity index (χ1v) is 8.00. The molecule has 1 heterocycles. The van der Waals surface area contributed by atoms with E-state index in [4.69, 9.17) is 4.42 Å². The maximum atomic E-state index is 12.3. The molecule has 3 rings (SSSR count). The van der Waals surface area contributed by atoms with Crippen molar-refractivity contribution < 1.29 is 14.3 Å². The number of amides is 1. The molecule has 2 aromatic carbocycles.